The quantitative estimate of drug-likeness (QED) is 0.411. The Morgan fingerprint density at radius 1 is 0.667 bits per heavy atom. The molecule has 1 aromatic carbocycles. The topological polar surface area (TPSA) is 156 Å². The minimum absolute atomic E-state index is 0.614. The molecule has 0 saturated heterocycles. The smallest absolute Gasteiger partial charge is 0.336 e. The first-order valence-electron chi connectivity index (χ1n) is 4.40. The van der Waals surface area contributed by atoms with E-state index in [9.17, 15) is 9.59 Å². The molecule has 0 aliphatic carbocycles. The van der Waals surface area contributed by atoms with Gasteiger partial charge in [-0.25, -0.2) is 9.59 Å². The molecule has 0 spiro atoms. The maximum Gasteiger partial charge on any atom is 0.336 e. The standard InChI is InChI=1S/C10H8O8/c11-7(12)3-1-4(8(13)14)6(10(17)18)2-5(3)9(15)16/h1-2,11-12,17-18H,(H,13,14)(H,15,16). The predicted molar refractivity (Wildman–Crippen MR) is 56.9 cm³/mol. The van der Waals surface area contributed by atoms with Crippen LogP contribution in [0.3, 0.4) is 0 Å². The largest absolute Gasteiger partial charge is 0.481 e. The number of carboxylic acids is 2. The molecule has 6 N–H and O–H groups in total. The molecule has 0 unspecified atom stereocenters. The zero-order valence-electron chi connectivity index (χ0n) is 8.65. The maximum atomic E-state index is 10.8. The molecular formula is C10H8O8. The van der Waals surface area contributed by atoms with Gasteiger partial charge < -0.3 is 30.6 Å². The van der Waals surface area contributed by atoms with Gasteiger partial charge in [0.25, 0.3) is 11.9 Å². The van der Waals surface area contributed by atoms with Gasteiger partial charge in [0.05, 0.1) is 21.6 Å². The summed E-state index contributed by atoms with van der Waals surface area (Å²) in [6.07, 6.45) is 0. The van der Waals surface area contributed by atoms with E-state index in [-0.39, 0.29) is 0 Å². The summed E-state index contributed by atoms with van der Waals surface area (Å²) < 4.78 is 0. The average Bonchev–Trinajstić information content (AvgIpc) is 2.26. The normalized spacial score (nSPS) is 9.78. The summed E-state index contributed by atoms with van der Waals surface area (Å²) in [5.41, 5.74) is -1.37. The highest BCUT2D eigenvalue weighted by Crippen LogP contribution is 1.97. The maximum absolute atomic E-state index is 10.8. The lowest BCUT2D eigenvalue weighted by Gasteiger charge is -2.02. The van der Waals surface area contributed by atoms with Crippen LogP contribution in [0.25, 0.3) is 11.9 Å². The number of carboxylic acid groups (broad SMARTS) is 2. The van der Waals surface area contributed by atoms with Crippen LogP contribution in [-0.2, 0) is 0 Å². The number of aromatic carboxylic acids is 2. The van der Waals surface area contributed by atoms with E-state index < -0.39 is 45.4 Å². The lowest BCUT2D eigenvalue weighted by Crippen LogP contribution is -2.28. The van der Waals surface area contributed by atoms with Crippen LogP contribution < -0.4 is 10.4 Å². The van der Waals surface area contributed by atoms with Gasteiger partial charge in [0.1, 0.15) is 0 Å². The second kappa shape index (κ2) is 4.53. The van der Waals surface area contributed by atoms with Gasteiger partial charge in [-0.15, -0.1) is 0 Å². The number of benzene rings is 1. The van der Waals surface area contributed by atoms with Crippen LogP contribution in [0.1, 0.15) is 20.7 Å². The molecule has 1 aromatic rings. The molecule has 96 valence electrons. The first kappa shape index (κ1) is 13.2. The van der Waals surface area contributed by atoms with Crippen molar-refractivity contribution in [1.82, 2.24) is 0 Å². The van der Waals surface area contributed by atoms with Gasteiger partial charge in [0.15, 0.2) is 0 Å². The fourth-order valence-electron chi connectivity index (χ4n) is 1.32. The van der Waals surface area contributed by atoms with Crippen molar-refractivity contribution in [3.8, 4) is 0 Å². The fourth-order valence-corrected chi connectivity index (χ4v) is 1.32. The van der Waals surface area contributed by atoms with Crippen molar-refractivity contribution in [1.29, 1.82) is 0 Å². The summed E-state index contributed by atoms with van der Waals surface area (Å²) in [7, 11) is 0. The Morgan fingerprint density at radius 3 is 1.11 bits per heavy atom. The zero-order chi connectivity index (χ0) is 14.0. The van der Waals surface area contributed by atoms with Gasteiger partial charge in [0, 0.05) is 0 Å². The molecule has 0 fully saturated rings. The molecule has 0 amide bonds. The number of hydrogen-bond acceptors (Lipinski definition) is 6. The molecule has 0 bridgehead atoms. The Hall–Kier alpha value is -2.90. The molecular weight excluding hydrogens is 248 g/mol. The van der Waals surface area contributed by atoms with Crippen LogP contribution in [0.15, 0.2) is 12.1 Å². The first-order chi connectivity index (χ1) is 8.25. The van der Waals surface area contributed by atoms with E-state index in [0.29, 0.717) is 12.1 Å². The number of aliphatic hydroxyl groups is 4. The van der Waals surface area contributed by atoms with Crippen LogP contribution in [0.5, 0.6) is 0 Å². The van der Waals surface area contributed by atoms with Crippen LogP contribution in [0, 0.1) is 0 Å². The van der Waals surface area contributed by atoms with Gasteiger partial charge in [0.2, 0.25) is 0 Å². The average molecular weight is 256 g/mol. The molecule has 8 nitrogen and oxygen atoms in total. The van der Waals surface area contributed by atoms with Gasteiger partial charge in [-0.1, -0.05) is 0 Å². The Morgan fingerprint density at radius 2 is 0.944 bits per heavy atom. The van der Waals surface area contributed by atoms with E-state index in [4.69, 9.17) is 30.6 Å². The third kappa shape index (κ3) is 2.26. The zero-order valence-corrected chi connectivity index (χ0v) is 8.65. The number of rotatable bonds is 2. The van der Waals surface area contributed by atoms with Gasteiger partial charge in [-0.3, -0.25) is 0 Å². The fraction of sp³-hybridized carbons (Fsp3) is 0. The van der Waals surface area contributed by atoms with E-state index in [1.165, 1.54) is 0 Å². The predicted octanol–water partition coefficient (Wildman–Crippen LogP) is -0.554. The minimum atomic E-state index is -1.59. The second-order valence-electron chi connectivity index (χ2n) is 3.20. The lowest BCUT2D eigenvalue weighted by atomic mass is 10.1. The van der Waals surface area contributed by atoms with E-state index in [2.05, 4.69) is 0 Å². The minimum Gasteiger partial charge on any atom is -0.481 e. The van der Waals surface area contributed by atoms with Crippen LogP contribution >= 0.6 is 0 Å². The Bertz CT molecular complexity index is 577. The van der Waals surface area contributed by atoms with Crippen molar-refractivity contribution < 1.29 is 40.2 Å². The van der Waals surface area contributed by atoms with Crippen molar-refractivity contribution >= 4 is 23.8 Å². The van der Waals surface area contributed by atoms with E-state index >= 15 is 0 Å². The summed E-state index contributed by atoms with van der Waals surface area (Å²) in [4.78, 5) is 21.7. The SMILES string of the molecule is O=C(O)c1cc(=C(O)O)c(C(=O)O)cc1=C(O)O. The number of carbonyl (C=O) groups is 2. The van der Waals surface area contributed by atoms with Crippen molar-refractivity contribution in [3.63, 3.8) is 0 Å². The van der Waals surface area contributed by atoms with Crippen LogP contribution in [0.4, 0.5) is 0 Å². The highest BCUT2D eigenvalue weighted by molar-refractivity contribution is 5.92. The summed E-state index contributed by atoms with van der Waals surface area (Å²) >= 11 is 0. The molecule has 8 heteroatoms. The molecule has 18 heavy (non-hydrogen) atoms. The molecule has 0 aliphatic rings. The van der Waals surface area contributed by atoms with E-state index in [1.54, 1.807) is 0 Å². The van der Waals surface area contributed by atoms with Gasteiger partial charge in [-0.2, -0.15) is 0 Å². The second-order valence-corrected chi connectivity index (χ2v) is 3.20. The number of aliphatic hydroxyl groups excluding tert-OH is 2. The van der Waals surface area contributed by atoms with Crippen LogP contribution in [-0.4, -0.2) is 42.6 Å². The monoisotopic (exact) mass is 256 g/mol. The summed E-state index contributed by atoms with van der Waals surface area (Å²) in [5.74, 6) is -5.96. The first-order valence-corrected chi connectivity index (χ1v) is 4.40. The van der Waals surface area contributed by atoms with Crippen molar-refractivity contribution in [3.05, 3.63) is 33.7 Å². The van der Waals surface area contributed by atoms with Crippen molar-refractivity contribution in [2.75, 3.05) is 0 Å². The third-order valence-corrected chi connectivity index (χ3v) is 2.10. The highest BCUT2D eigenvalue weighted by Gasteiger charge is 2.16. The van der Waals surface area contributed by atoms with Gasteiger partial charge >= 0.3 is 11.9 Å². The summed E-state index contributed by atoms with van der Waals surface area (Å²) in [6.45, 7) is 0. The summed E-state index contributed by atoms with van der Waals surface area (Å²) in [5, 5.41) is 51.8. The van der Waals surface area contributed by atoms with Crippen LogP contribution in [0.2, 0.25) is 0 Å². The van der Waals surface area contributed by atoms with Crippen molar-refractivity contribution in [2.24, 2.45) is 0 Å². The molecule has 0 aliphatic heterocycles. The molecule has 0 atom stereocenters. The van der Waals surface area contributed by atoms with Gasteiger partial charge in [-0.05, 0) is 12.1 Å². The van der Waals surface area contributed by atoms with Crippen molar-refractivity contribution in [2.45, 2.75) is 0 Å². The molecule has 1 rings (SSSR count). The molecule has 0 heterocycles. The number of hydrogen-bond donors (Lipinski definition) is 6. The summed E-state index contributed by atoms with van der Waals surface area (Å²) in [6, 6.07) is 1.23. The molecule has 0 saturated carbocycles. The molecule has 0 aromatic heterocycles. The Balaban J connectivity index is 3.99. The Kier molecular flexibility index (Phi) is 3.32. The lowest BCUT2D eigenvalue weighted by molar-refractivity contribution is 0.0677. The van der Waals surface area contributed by atoms with E-state index in [1.807, 2.05) is 0 Å². The highest BCUT2D eigenvalue weighted by atomic mass is 16.5. The molecule has 0 radical (unpaired) electrons. The Labute approximate surface area is 98.6 Å². The third-order valence-electron chi connectivity index (χ3n) is 2.10. The van der Waals surface area contributed by atoms with E-state index in [0.717, 1.165) is 0 Å².